The van der Waals surface area contributed by atoms with Gasteiger partial charge in [0.05, 0.1) is 5.52 Å². The first-order chi connectivity index (χ1) is 9.97. The van der Waals surface area contributed by atoms with Crippen molar-refractivity contribution in [1.82, 2.24) is 4.57 Å². The van der Waals surface area contributed by atoms with Gasteiger partial charge in [0, 0.05) is 18.1 Å². The predicted octanol–water partition coefficient (Wildman–Crippen LogP) is 3.62. The van der Waals surface area contributed by atoms with Gasteiger partial charge in [-0.3, -0.25) is 4.79 Å². The number of aryl methyl sites for hydroxylation is 1. The van der Waals surface area contributed by atoms with Gasteiger partial charge in [-0.1, -0.05) is 39.3 Å². The van der Waals surface area contributed by atoms with Crippen LogP contribution in [-0.2, 0) is 6.54 Å². The Labute approximate surface area is 124 Å². The van der Waals surface area contributed by atoms with Gasteiger partial charge in [-0.25, -0.2) is 4.79 Å². The molecule has 0 spiro atoms. The van der Waals surface area contributed by atoms with E-state index in [-0.39, 0.29) is 11.5 Å². The summed E-state index contributed by atoms with van der Waals surface area (Å²) in [4.78, 5) is 23.7. The number of unbranched alkanes of at least 4 members (excludes halogenated alkanes) is 1. The highest BCUT2D eigenvalue weighted by atomic mass is 16.4. The van der Waals surface area contributed by atoms with Gasteiger partial charge in [0.2, 0.25) is 5.43 Å². The maximum Gasteiger partial charge on any atom is 0.341 e. The second-order valence-corrected chi connectivity index (χ2v) is 5.62. The number of para-hydroxylation sites is 1. The summed E-state index contributed by atoms with van der Waals surface area (Å²) in [6.45, 7) is 6.96. The molecule has 0 aliphatic carbocycles. The molecule has 1 N–H and O–H groups in total. The van der Waals surface area contributed by atoms with Crippen LogP contribution in [0.15, 0.2) is 29.2 Å². The number of pyridine rings is 1. The minimum absolute atomic E-state index is 0.153. The molecule has 0 aliphatic rings. The Morgan fingerprint density at radius 2 is 2.05 bits per heavy atom. The number of aromatic nitrogens is 1. The monoisotopic (exact) mass is 287 g/mol. The maximum atomic E-state index is 12.4. The van der Waals surface area contributed by atoms with E-state index >= 15 is 0 Å². The van der Waals surface area contributed by atoms with Crippen molar-refractivity contribution in [3.05, 3.63) is 45.7 Å². The van der Waals surface area contributed by atoms with Crippen LogP contribution < -0.4 is 5.43 Å². The van der Waals surface area contributed by atoms with Gasteiger partial charge < -0.3 is 9.67 Å². The van der Waals surface area contributed by atoms with Gasteiger partial charge >= 0.3 is 5.97 Å². The van der Waals surface area contributed by atoms with Crippen LogP contribution in [0.3, 0.4) is 0 Å². The highest BCUT2D eigenvalue weighted by molar-refractivity contribution is 5.93. The second kappa shape index (κ2) is 6.12. The van der Waals surface area contributed by atoms with Gasteiger partial charge in [0.1, 0.15) is 5.56 Å². The predicted molar refractivity (Wildman–Crippen MR) is 84.2 cm³/mol. The van der Waals surface area contributed by atoms with Crippen LogP contribution >= 0.6 is 0 Å². The number of rotatable bonds is 5. The first-order valence-electron chi connectivity index (χ1n) is 7.36. The first-order valence-corrected chi connectivity index (χ1v) is 7.36. The van der Waals surface area contributed by atoms with Crippen molar-refractivity contribution in [2.75, 3.05) is 0 Å². The fraction of sp³-hybridized carbons (Fsp3) is 0.412. The van der Waals surface area contributed by atoms with E-state index in [2.05, 4.69) is 20.8 Å². The summed E-state index contributed by atoms with van der Waals surface area (Å²) in [5.41, 5.74) is 1.40. The summed E-state index contributed by atoms with van der Waals surface area (Å²) >= 11 is 0. The van der Waals surface area contributed by atoms with Crippen molar-refractivity contribution in [2.24, 2.45) is 0 Å². The summed E-state index contributed by atoms with van der Waals surface area (Å²) in [5.74, 6) is -0.890. The third-order valence-corrected chi connectivity index (χ3v) is 3.73. The summed E-state index contributed by atoms with van der Waals surface area (Å²) < 4.78 is 1.93. The van der Waals surface area contributed by atoms with E-state index < -0.39 is 11.4 Å². The van der Waals surface area contributed by atoms with E-state index in [0.717, 1.165) is 30.5 Å². The molecule has 2 rings (SSSR count). The molecule has 4 heteroatoms. The molecule has 0 aliphatic heterocycles. The second-order valence-electron chi connectivity index (χ2n) is 5.62. The normalized spacial score (nSPS) is 11.2. The zero-order valence-corrected chi connectivity index (χ0v) is 12.7. The smallest absolute Gasteiger partial charge is 0.341 e. The molecule has 0 unspecified atom stereocenters. The molecule has 2 aromatic rings. The van der Waals surface area contributed by atoms with E-state index in [0.29, 0.717) is 5.39 Å². The lowest BCUT2D eigenvalue weighted by Crippen LogP contribution is -2.20. The molecule has 0 fully saturated rings. The minimum atomic E-state index is -1.16. The summed E-state index contributed by atoms with van der Waals surface area (Å²) in [7, 11) is 0. The Balaban J connectivity index is 2.85. The minimum Gasteiger partial charge on any atom is -0.477 e. The molecule has 1 heterocycles. The SMILES string of the molecule is CCCCn1cc(C(=O)O)c(=O)c2cccc(C(C)C)c21. The standard InChI is InChI=1S/C17H21NO3/c1-4-5-9-18-10-14(17(20)21)16(19)13-8-6-7-12(11(2)3)15(13)18/h6-8,10-11H,4-5,9H2,1-3H3,(H,20,21). The molecular weight excluding hydrogens is 266 g/mol. The molecule has 0 saturated heterocycles. The summed E-state index contributed by atoms with van der Waals surface area (Å²) in [6, 6.07) is 5.56. The Morgan fingerprint density at radius 1 is 1.33 bits per heavy atom. The topological polar surface area (TPSA) is 59.3 Å². The van der Waals surface area contributed by atoms with Crippen molar-refractivity contribution in [3.63, 3.8) is 0 Å². The van der Waals surface area contributed by atoms with Crippen molar-refractivity contribution < 1.29 is 9.90 Å². The number of aromatic carboxylic acids is 1. The number of nitrogens with zero attached hydrogens (tertiary/aromatic N) is 1. The van der Waals surface area contributed by atoms with Gasteiger partial charge in [-0.15, -0.1) is 0 Å². The average molecular weight is 287 g/mol. The van der Waals surface area contributed by atoms with Crippen LogP contribution in [0.25, 0.3) is 10.9 Å². The van der Waals surface area contributed by atoms with E-state index in [1.807, 2.05) is 16.7 Å². The first kappa shape index (κ1) is 15.3. The number of carboxylic acids is 1. The molecular formula is C17H21NO3. The van der Waals surface area contributed by atoms with Crippen molar-refractivity contribution in [1.29, 1.82) is 0 Å². The highest BCUT2D eigenvalue weighted by Crippen LogP contribution is 2.24. The van der Waals surface area contributed by atoms with Gasteiger partial charge in [-0.05, 0) is 24.0 Å². The number of carbonyl (C=O) groups is 1. The summed E-state index contributed by atoms with van der Waals surface area (Å²) in [5, 5.41) is 9.74. The molecule has 0 radical (unpaired) electrons. The molecule has 1 aromatic carbocycles. The lowest BCUT2D eigenvalue weighted by molar-refractivity contribution is 0.0695. The molecule has 1 aromatic heterocycles. The van der Waals surface area contributed by atoms with E-state index in [9.17, 15) is 14.7 Å². The van der Waals surface area contributed by atoms with E-state index in [1.54, 1.807) is 6.07 Å². The van der Waals surface area contributed by atoms with Crippen molar-refractivity contribution in [3.8, 4) is 0 Å². The Kier molecular flexibility index (Phi) is 4.46. The maximum absolute atomic E-state index is 12.4. The zero-order chi connectivity index (χ0) is 15.6. The van der Waals surface area contributed by atoms with Crippen molar-refractivity contribution in [2.45, 2.75) is 46.1 Å². The van der Waals surface area contributed by atoms with Crippen LogP contribution in [0.1, 0.15) is 55.5 Å². The molecule has 21 heavy (non-hydrogen) atoms. The molecule has 0 atom stereocenters. The van der Waals surface area contributed by atoms with Gasteiger partial charge in [-0.2, -0.15) is 0 Å². The Hall–Kier alpha value is -2.10. The molecule has 0 saturated carbocycles. The molecule has 0 amide bonds. The van der Waals surface area contributed by atoms with Crippen molar-refractivity contribution >= 4 is 16.9 Å². The third-order valence-electron chi connectivity index (χ3n) is 3.73. The largest absolute Gasteiger partial charge is 0.477 e. The Morgan fingerprint density at radius 3 is 2.62 bits per heavy atom. The van der Waals surface area contributed by atoms with E-state index in [1.165, 1.54) is 6.20 Å². The molecule has 4 nitrogen and oxygen atoms in total. The Bertz CT molecular complexity index is 729. The average Bonchev–Trinajstić information content (AvgIpc) is 2.45. The van der Waals surface area contributed by atoms with Crippen LogP contribution in [0, 0.1) is 0 Å². The lowest BCUT2D eigenvalue weighted by atomic mass is 9.98. The number of hydrogen-bond acceptors (Lipinski definition) is 2. The summed E-state index contributed by atoms with van der Waals surface area (Å²) in [6.07, 6.45) is 3.46. The zero-order valence-electron chi connectivity index (χ0n) is 12.7. The lowest BCUT2D eigenvalue weighted by Gasteiger charge is -2.17. The third kappa shape index (κ3) is 2.84. The van der Waals surface area contributed by atoms with E-state index in [4.69, 9.17) is 0 Å². The van der Waals surface area contributed by atoms with Crippen LogP contribution in [0.2, 0.25) is 0 Å². The fourth-order valence-electron chi connectivity index (χ4n) is 2.61. The number of carboxylic acid groups (broad SMARTS) is 1. The van der Waals surface area contributed by atoms with Crippen LogP contribution in [-0.4, -0.2) is 15.6 Å². The van der Waals surface area contributed by atoms with Crippen LogP contribution in [0.4, 0.5) is 0 Å². The number of fused-ring (bicyclic) bond motifs is 1. The number of hydrogen-bond donors (Lipinski definition) is 1. The quantitative estimate of drug-likeness (QED) is 0.913. The van der Waals surface area contributed by atoms with Crippen LogP contribution in [0.5, 0.6) is 0 Å². The van der Waals surface area contributed by atoms with Gasteiger partial charge in [0.15, 0.2) is 0 Å². The van der Waals surface area contributed by atoms with Gasteiger partial charge in [0.25, 0.3) is 0 Å². The molecule has 0 bridgehead atoms. The number of benzene rings is 1. The fourth-order valence-corrected chi connectivity index (χ4v) is 2.61. The highest BCUT2D eigenvalue weighted by Gasteiger charge is 2.17. The molecule has 112 valence electrons.